The Morgan fingerprint density at radius 3 is 2.74 bits per heavy atom. The van der Waals surface area contributed by atoms with Gasteiger partial charge in [-0.1, -0.05) is 0 Å². The van der Waals surface area contributed by atoms with Gasteiger partial charge >= 0.3 is 6.09 Å². The third-order valence-electron chi connectivity index (χ3n) is 5.13. The molecule has 1 aliphatic heterocycles. The molecule has 11 heteroatoms. The van der Waals surface area contributed by atoms with E-state index in [1.54, 1.807) is 12.1 Å². The summed E-state index contributed by atoms with van der Waals surface area (Å²) >= 11 is 0. The number of pyridine rings is 1. The molecule has 0 spiro atoms. The lowest BCUT2D eigenvalue weighted by Crippen LogP contribution is -2.33. The summed E-state index contributed by atoms with van der Waals surface area (Å²) in [6.45, 7) is 5.45. The Bertz CT molecular complexity index is 1250. The van der Waals surface area contributed by atoms with Crippen molar-refractivity contribution in [1.29, 1.82) is 0 Å². The number of aromatic nitrogens is 3. The smallest absolute Gasteiger partial charge is 0.414 e. The number of carbonyl (C=O) groups excluding carboxylic acids is 3. The summed E-state index contributed by atoms with van der Waals surface area (Å²) in [7, 11) is 0. The minimum absolute atomic E-state index is 0.0911. The van der Waals surface area contributed by atoms with Crippen LogP contribution in [-0.4, -0.2) is 51.6 Å². The van der Waals surface area contributed by atoms with Gasteiger partial charge in [-0.25, -0.2) is 19.2 Å². The normalized spacial score (nSPS) is 15.2. The van der Waals surface area contributed by atoms with E-state index in [9.17, 15) is 18.8 Å². The SMILES string of the molecule is CC(=O)NCC1CN(c2ccc(-n3cnc(C(=O)Nc4cc(C)cc(C)n4)c3)c(F)c2)C(=O)O1. The van der Waals surface area contributed by atoms with Crippen LogP contribution in [0.1, 0.15) is 28.7 Å². The number of amides is 3. The minimum atomic E-state index is -0.621. The number of cyclic esters (lactones) is 1. The lowest BCUT2D eigenvalue weighted by Gasteiger charge is -2.14. The number of nitrogens with zero attached hydrogens (tertiary/aromatic N) is 4. The number of hydrogen-bond acceptors (Lipinski definition) is 6. The van der Waals surface area contributed by atoms with Crippen LogP contribution in [0.4, 0.5) is 20.7 Å². The van der Waals surface area contributed by atoms with Gasteiger partial charge in [0.2, 0.25) is 5.91 Å². The molecular formula is C23H23FN6O4. The summed E-state index contributed by atoms with van der Waals surface area (Å²) in [5.41, 5.74) is 2.29. The molecular weight excluding hydrogens is 443 g/mol. The third-order valence-corrected chi connectivity index (χ3v) is 5.13. The van der Waals surface area contributed by atoms with E-state index in [1.165, 1.54) is 41.0 Å². The van der Waals surface area contributed by atoms with Gasteiger partial charge in [-0.15, -0.1) is 0 Å². The Balaban J connectivity index is 1.47. The molecule has 0 radical (unpaired) electrons. The van der Waals surface area contributed by atoms with Crippen LogP contribution in [0.5, 0.6) is 0 Å². The van der Waals surface area contributed by atoms with Crippen LogP contribution in [0, 0.1) is 19.7 Å². The number of anilines is 2. The Labute approximate surface area is 194 Å². The second-order valence-corrected chi connectivity index (χ2v) is 7.98. The van der Waals surface area contributed by atoms with Crippen LogP contribution in [0.3, 0.4) is 0 Å². The Hall–Kier alpha value is -4.28. The molecule has 176 valence electrons. The highest BCUT2D eigenvalue weighted by Crippen LogP contribution is 2.25. The topological polar surface area (TPSA) is 118 Å². The van der Waals surface area contributed by atoms with Gasteiger partial charge in [-0.05, 0) is 49.7 Å². The summed E-state index contributed by atoms with van der Waals surface area (Å²) in [4.78, 5) is 45.4. The number of carbonyl (C=O) groups is 3. The summed E-state index contributed by atoms with van der Waals surface area (Å²) in [5.74, 6) is -0.917. The fraction of sp³-hybridized carbons (Fsp3) is 0.261. The number of benzene rings is 1. The third kappa shape index (κ3) is 5.03. The van der Waals surface area contributed by atoms with Crippen LogP contribution >= 0.6 is 0 Å². The van der Waals surface area contributed by atoms with E-state index in [0.717, 1.165) is 11.3 Å². The highest BCUT2D eigenvalue weighted by Gasteiger charge is 2.32. The number of rotatable bonds is 6. The van der Waals surface area contributed by atoms with Gasteiger partial charge in [-0.2, -0.15) is 0 Å². The second kappa shape index (κ2) is 9.30. The standard InChI is InChI=1S/C23H23FN6O4/c1-13-6-14(2)27-21(7-13)28-22(32)19-11-29(12-26-19)20-5-4-16(8-18(20)24)30-10-17(34-23(30)33)9-25-15(3)31/h4-8,11-12,17H,9-10H2,1-3H3,(H,25,31)(H,27,28,32). The summed E-state index contributed by atoms with van der Waals surface area (Å²) in [6, 6.07) is 7.89. The van der Waals surface area contributed by atoms with E-state index in [2.05, 4.69) is 20.6 Å². The van der Waals surface area contributed by atoms with Crippen LogP contribution < -0.4 is 15.5 Å². The van der Waals surface area contributed by atoms with Crippen molar-refractivity contribution >= 4 is 29.4 Å². The van der Waals surface area contributed by atoms with Crippen molar-refractivity contribution in [3.8, 4) is 5.69 Å². The molecule has 1 aliphatic rings. The van der Waals surface area contributed by atoms with E-state index < -0.39 is 23.9 Å². The molecule has 34 heavy (non-hydrogen) atoms. The number of nitrogens with one attached hydrogen (secondary N) is 2. The maximum atomic E-state index is 14.9. The number of ether oxygens (including phenoxy) is 1. The Morgan fingerprint density at radius 1 is 1.24 bits per heavy atom. The van der Waals surface area contributed by atoms with Crippen LogP contribution in [0.15, 0.2) is 42.9 Å². The lowest BCUT2D eigenvalue weighted by molar-refractivity contribution is -0.119. The number of aryl methyl sites for hydroxylation is 2. The molecule has 1 atom stereocenters. The zero-order valence-electron chi connectivity index (χ0n) is 18.8. The van der Waals surface area contributed by atoms with E-state index in [-0.39, 0.29) is 30.4 Å². The van der Waals surface area contributed by atoms with Gasteiger partial charge in [0.1, 0.15) is 29.8 Å². The average molecular weight is 466 g/mol. The molecule has 0 bridgehead atoms. The van der Waals surface area contributed by atoms with Crippen molar-refractivity contribution in [3.63, 3.8) is 0 Å². The fourth-order valence-corrected chi connectivity index (χ4v) is 3.63. The van der Waals surface area contributed by atoms with Gasteiger partial charge in [0.15, 0.2) is 0 Å². The molecule has 3 heterocycles. The molecule has 0 saturated carbocycles. The van der Waals surface area contributed by atoms with Gasteiger partial charge in [0.25, 0.3) is 5.91 Å². The number of halogens is 1. The molecule has 1 unspecified atom stereocenters. The van der Waals surface area contributed by atoms with Crippen molar-refractivity contribution in [3.05, 3.63) is 65.6 Å². The van der Waals surface area contributed by atoms with E-state index in [1.807, 2.05) is 19.9 Å². The predicted molar refractivity (Wildman–Crippen MR) is 121 cm³/mol. The molecule has 1 saturated heterocycles. The van der Waals surface area contributed by atoms with Gasteiger partial charge < -0.3 is 19.9 Å². The van der Waals surface area contributed by atoms with E-state index >= 15 is 0 Å². The van der Waals surface area contributed by atoms with Crippen molar-refractivity contribution in [2.75, 3.05) is 23.3 Å². The first-order chi connectivity index (χ1) is 16.2. The molecule has 1 aromatic carbocycles. The number of hydrogen-bond donors (Lipinski definition) is 2. The molecule has 4 rings (SSSR count). The lowest BCUT2D eigenvalue weighted by atomic mass is 10.2. The zero-order chi connectivity index (χ0) is 24.4. The van der Waals surface area contributed by atoms with Crippen molar-refractivity contribution < 1.29 is 23.5 Å². The van der Waals surface area contributed by atoms with Crippen LogP contribution in [-0.2, 0) is 9.53 Å². The van der Waals surface area contributed by atoms with Gasteiger partial charge in [-0.3, -0.25) is 14.5 Å². The van der Waals surface area contributed by atoms with Crippen molar-refractivity contribution in [2.45, 2.75) is 26.9 Å². The first kappa shape index (κ1) is 22.9. The minimum Gasteiger partial charge on any atom is -0.442 e. The monoisotopic (exact) mass is 466 g/mol. The molecule has 3 amide bonds. The molecule has 1 fully saturated rings. The summed E-state index contributed by atoms with van der Waals surface area (Å²) < 4.78 is 21.5. The van der Waals surface area contributed by atoms with Crippen molar-refractivity contribution in [2.24, 2.45) is 0 Å². The molecule has 10 nitrogen and oxygen atoms in total. The number of imidazole rings is 1. The zero-order valence-corrected chi connectivity index (χ0v) is 18.8. The highest BCUT2D eigenvalue weighted by molar-refractivity contribution is 6.02. The average Bonchev–Trinajstić information content (AvgIpc) is 3.38. The Morgan fingerprint density at radius 2 is 2.03 bits per heavy atom. The van der Waals surface area contributed by atoms with Crippen molar-refractivity contribution in [1.82, 2.24) is 19.9 Å². The van der Waals surface area contributed by atoms with Gasteiger partial charge in [0.05, 0.1) is 24.5 Å². The molecule has 2 N–H and O–H groups in total. The first-order valence-electron chi connectivity index (χ1n) is 10.5. The maximum Gasteiger partial charge on any atom is 0.414 e. The molecule has 2 aromatic heterocycles. The second-order valence-electron chi connectivity index (χ2n) is 7.98. The highest BCUT2D eigenvalue weighted by atomic mass is 19.1. The molecule has 3 aromatic rings. The molecule has 0 aliphatic carbocycles. The fourth-order valence-electron chi connectivity index (χ4n) is 3.63. The van der Waals surface area contributed by atoms with Gasteiger partial charge in [0, 0.05) is 18.8 Å². The maximum absolute atomic E-state index is 14.9. The summed E-state index contributed by atoms with van der Waals surface area (Å²) in [5, 5.41) is 5.28. The van der Waals surface area contributed by atoms with Crippen LogP contribution in [0.2, 0.25) is 0 Å². The Kier molecular flexibility index (Phi) is 6.26. The van der Waals surface area contributed by atoms with E-state index in [0.29, 0.717) is 11.5 Å². The summed E-state index contributed by atoms with van der Waals surface area (Å²) in [6.07, 6.45) is 1.59. The largest absolute Gasteiger partial charge is 0.442 e. The van der Waals surface area contributed by atoms with Crippen LogP contribution in [0.25, 0.3) is 5.69 Å². The quantitative estimate of drug-likeness (QED) is 0.577. The van der Waals surface area contributed by atoms with E-state index in [4.69, 9.17) is 4.74 Å². The predicted octanol–water partition coefficient (Wildman–Crippen LogP) is 2.74. The first-order valence-corrected chi connectivity index (χ1v) is 10.5.